The second kappa shape index (κ2) is 10.4. The highest BCUT2D eigenvalue weighted by molar-refractivity contribution is 6.05. The molecule has 3 aromatic rings. The van der Waals surface area contributed by atoms with E-state index < -0.39 is 6.10 Å². The van der Waals surface area contributed by atoms with Gasteiger partial charge < -0.3 is 15.4 Å². The third-order valence-corrected chi connectivity index (χ3v) is 5.16. The molecule has 2 amide bonds. The van der Waals surface area contributed by atoms with Crippen molar-refractivity contribution in [2.75, 3.05) is 10.6 Å². The third kappa shape index (κ3) is 5.95. The van der Waals surface area contributed by atoms with Crippen LogP contribution in [0.2, 0.25) is 0 Å². The summed E-state index contributed by atoms with van der Waals surface area (Å²) in [5.41, 5.74) is 2.79. The van der Waals surface area contributed by atoms with E-state index in [0.29, 0.717) is 22.9 Å². The van der Waals surface area contributed by atoms with Crippen LogP contribution in [-0.2, 0) is 4.79 Å². The number of hydrogen-bond acceptors (Lipinski definition) is 3. The van der Waals surface area contributed by atoms with Crippen LogP contribution in [0, 0.1) is 0 Å². The number of para-hydroxylation sites is 2. The average Bonchev–Trinajstić information content (AvgIpc) is 2.79. The lowest BCUT2D eigenvalue weighted by Crippen LogP contribution is -2.30. The van der Waals surface area contributed by atoms with E-state index in [0.717, 1.165) is 17.7 Å². The Kier molecular flexibility index (Phi) is 7.44. The number of amides is 2. The lowest BCUT2D eigenvalue weighted by molar-refractivity contribution is -0.122. The monoisotopic (exact) mass is 416 g/mol. The highest BCUT2D eigenvalue weighted by Gasteiger charge is 2.18. The normalized spacial score (nSPS) is 12.5. The summed E-state index contributed by atoms with van der Waals surface area (Å²) >= 11 is 0. The van der Waals surface area contributed by atoms with E-state index in [1.807, 2.05) is 54.6 Å². The lowest BCUT2D eigenvalue weighted by atomic mass is 9.98. The Morgan fingerprint density at radius 2 is 1.52 bits per heavy atom. The molecule has 0 aliphatic rings. The Hall–Kier alpha value is -3.60. The van der Waals surface area contributed by atoms with Gasteiger partial charge in [-0.3, -0.25) is 9.59 Å². The highest BCUT2D eigenvalue weighted by Crippen LogP contribution is 2.29. The van der Waals surface area contributed by atoms with Crippen molar-refractivity contribution in [1.82, 2.24) is 0 Å². The minimum atomic E-state index is -0.688. The van der Waals surface area contributed by atoms with Crippen molar-refractivity contribution >= 4 is 23.2 Å². The van der Waals surface area contributed by atoms with Crippen LogP contribution in [0.5, 0.6) is 5.75 Å². The van der Waals surface area contributed by atoms with Crippen molar-refractivity contribution in [3.05, 3.63) is 90.0 Å². The maximum atomic E-state index is 12.7. The van der Waals surface area contributed by atoms with Gasteiger partial charge in [-0.1, -0.05) is 56.3 Å². The second-order valence-electron chi connectivity index (χ2n) is 7.50. The van der Waals surface area contributed by atoms with Crippen molar-refractivity contribution in [2.24, 2.45) is 0 Å². The van der Waals surface area contributed by atoms with Gasteiger partial charge in [-0.05, 0) is 61.2 Å². The van der Waals surface area contributed by atoms with Gasteiger partial charge in [0.25, 0.3) is 11.8 Å². The van der Waals surface area contributed by atoms with Crippen LogP contribution in [0.1, 0.15) is 49.0 Å². The molecular weight excluding hydrogens is 388 g/mol. The number of anilines is 2. The number of ether oxygens (including phenoxy) is 1. The number of carbonyl (C=O) groups excluding carboxylic acids is 2. The molecule has 3 rings (SSSR count). The molecule has 5 heteroatoms. The van der Waals surface area contributed by atoms with Gasteiger partial charge in [0.15, 0.2) is 6.10 Å². The predicted molar refractivity (Wildman–Crippen MR) is 125 cm³/mol. The molecule has 2 atom stereocenters. The zero-order chi connectivity index (χ0) is 22.2. The number of carbonyl (C=O) groups is 2. The van der Waals surface area contributed by atoms with Gasteiger partial charge in [-0.25, -0.2) is 0 Å². The van der Waals surface area contributed by atoms with E-state index in [1.54, 1.807) is 31.2 Å². The maximum Gasteiger partial charge on any atom is 0.265 e. The number of rotatable bonds is 8. The van der Waals surface area contributed by atoms with Gasteiger partial charge in [-0.15, -0.1) is 0 Å². The fourth-order valence-corrected chi connectivity index (χ4v) is 3.17. The van der Waals surface area contributed by atoms with Crippen molar-refractivity contribution in [3.8, 4) is 5.75 Å². The number of nitrogens with one attached hydrogen (secondary N) is 2. The van der Waals surface area contributed by atoms with Crippen molar-refractivity contribution in [2.45, 2.75) is 39.2 Å². The fourth-order valence-electron chi connectivity index (χ4n) is 3.17. The summed E-state index contributed by atoms with van der Waals surface area (Å²) in [6.07, 6.45) is 0.297. The molecule has 0 aliphatic carbocycles. The molecule has 0 radical (unpaired) electrons. The van der Waals surface area contributed by atoms with Crippen LogP contribution in [0.25, 0.3) is 0 Å². The van der Waals surface area contributed by atoms with Crippen molar-refractivity contribution in [1.29, 1.82) is 0 Å². The standard InChI is InChI=1S/C26H28N2O3/c1-4-18(2)23-15-8-9-16-24(23)31-19(3)25(29)28-22-14-10-11-20(17-22)26(30)27-21-12-6-5-7-13-21/h5-19H,4H2,1-3H3,(H,27,30)(H,28,29). The Bertz CT molecular complexity index is 1030. The smallest absolute Gasteiger partial charge is 0.265 e. The molecule has 0 heterocycles. The summed E-state index contributed by atoms with van der Waals surface area (Å²) in [7, 11) is 0. The zero-order valence-corrected chi connectivity index (χ0v) is 18.1. The first-order valence-electron chi connectivity index (χ1n) is 10.5. The molecule has 0 aliphatic heterocycles. The molecule has 0 fully saturated rings. The molecule has 0 saturated heterocycles. The van der Waals surface area contributed by atoms with E-state index in [2.05, 4.69) is 24.5 Å². The first-order valence-corrected chi connectivity index (χ1v) is 10.5. The summed E-state index contributed by atoms with van der Waals surface area (Å²) in [5, 5.41) is 5.68. The lowest BCUT2D eigenvalue weighted by Gasteiger charge is -2.19. The van der Waals surface area contributed by atoms with Crippen molar-refractivity contribution in [3.63, 3.8) is 0 Å². The molecule has 0 saturated carbocycles. The summed E-state index contributed by atoms with van der Waals surface area (Å²) in [6, 6.07) is 23.9. The molecule has 3 aromatic carbocycles. The molecular formula is C26H28N2O3. The van der Waals surface area contributed by atoms with E-state index in [1.165, 1.54) is 0 Å². The third-order valence-electron chi connectivity index (χ3n) is 5.16. The Labute approximate surface area is 183 Å². The Morgan fingerprint density at radius 3 is 2.26 bits per heavy atom. The first-order chi connectivity index (χ1) is 15.0. The summed E-state index contributed by atoms with van der Waals surface area (Å²) in [6.45, 7) is 5.98. The molecule has 0 spiro atoms. The van der Waals surface area contributed by atoms with Gasteiger partial charge in [0.1, 0.15) is 5.75 Å². The van der Waals surface area contributed by atoms with Crippen LogP contribution in [0.15, 0.2) is 78.9 Å². The Balaban J connectivity index is 1.65. The quantitative estimate of drug-likeness (QED) is 0.483. The largest absolute Gasteiger partial charge is 0.481 e. The molecule has 2 unspecified atom stereocenters. The van der Waals surface area contributed by atoms with E-state index in [4.69, 9.17) is 4.74 Å². The molecule has 31 heavy (non-hydrogen) atoms. The second-order valence-corrected chi connectivity index (χ2v) is 7.50. The zero-order valence-electron chi connectivity index (χ0n) is 18.1. The fraction of sp³-hybridized carbons (Fsp3) is 0.231. The predicted octanol–water partition coefficient (Wildman–Crippen LogP) is 5.86. The van der Waals surface area contributed by atoms with Gasteiger partial charge in [0.05, 0.1) is 0 Å². The van der Waals surface area contributed by atoms with Crippen LogP contribution in [0.3, 0.4) is 0 Å². The van der Waals surface area contributed by atoms with E-state index in [-0.39, 0.29) is 11.8 Å². The molecule has 0 bridgehead atoms. The summed E-state index contributed by atoms with van der Waals surface area (Å²) in [5.74, 6) is 0.537. The maximum absolute atomic E-state index is 12.7. The number of hydrogen-bond donors (Lipinski definition) is 2. The SMILES string of the molecule is CCC(C)c1ccccc1OC(C)C(=O)Nc1cccc(C(=O)Nc2ccccc2)c1. The molecule has 2 N–H and O–H groups in total. The van der Waals surface area contributed by atoms with Gasteiger partial charge in [0, 0.05) is 16.9 Å². The van der Waals surface area contributed by atoms with Crippen LogP contribution in [-0.4, -0.2) is 17.9 Å². The first kappa shape index (κ1) is 22.1. The van der Waals surface area contributed by atoms with Crippen LogP contribution >= 0.6 is 0 Å². The minimum Gasteiger partial charge on any atom is -0.481 e. The van der Waals surface area contributed by atoms with Gasteiger partial charge in [0.2, 0.25) is 0 Å². The topological polar surface area (TPSA) is 67.4 Å². The van der Waals surface area contributed by atoms with E-state index >= 15 is 0 Å². The average molecular weight is 417 g/mol. The Morgan fingerprint density at radius 1 is 0.839 bits per heavy atom. The van der Waals surface area contributed by atoms with Gasteiger partial charge in [-0.2, -0.15) is 0 Å². The van der Waals surface area contributed by atoms with Crippen molar-refractivity contribution < 1.29 is 14.3 Å². The molecule has 5 nitrogen and oxygen atoms in total. The number of benzene rings is 3. The van der Waals surface area contributed by atoms with Crippen LogP contribution in [0.4, 0.5) is 11.4 Å². The highest BCUT2D eigenvalue weighted by atomic mass is 16.5. The molecule has 160 valence electrons. The van der Waals surface area contributed by atoms with Crippen LogP contribution < -0.4 is 15.4 Å². The summed E-state index contributed by atoms with van der Waals surface area (Å²) in [4.78, 5) is 25.2. The van der Waals surface area contributed by atoms with E-state index in [9.17, 15) is 9.59 Å². The van der Waals surface area contributed by atoms with Gasteiger partial charge >= 0.3 is 0 Å². The summed E-state index contributed by atoms with van der Waals surface area (Å²) < 4.78 is 5.97. The minimum absolute atomic E-state index is 0.242. The molecule has 0 aromatic heterocycles.